The number of hydrogen-bond acceptors (Lipinski definition) is 7. The highest BCUT2D eigenvalue weighted by Crippen LogP contribution is 2.43. The Balaban J connectivity index is 4.18. The third-order valence-corrected chi connectivity index (χ3v) is 12.9. The maximum Gasteiger partial charge on any atom is 0.472 e. The molecule has 0 saturated heterocycles. The molecule has 0 amide bonds. The molecule has 2 unspecified atom stereocenters. The molecular formula is C51H103NO8P+. The van der Waals surface area contributed by atoms with Crippen molar-refractivity contribution < 1.29 is 42.1 Å². The van der Waals surface area contributed by atoms with Gasteiger partial charge in [0.1, 0.15) is 19.8 Å². The predicted molar refractivity (Wildman–Crippen MR) is 257 cm³/mol. The van der Waals surface area contributed by atoms with E-state index in [1.165, 1.54) is 199 Å². The fourth-order valence-corrected chi connectivity index (χ4v) is 8.52. The van der Waals surface area contributed by atoms with Gasteiger partial charge in [-0.15, -0.1) is 0 Å². The molecule has 0 fully saturated rings. The van der Waals surface area contributed by atoms with Crippen LogP contribution in [0.15, 0.2) is 0 Å². The molecule has 364 valence electrons. The van der Waals surface area contributed by atoms with E-state index in [4.69, 9.17) is 18.5 Å². The van der Waals surface area contributed by atoms with Crippen LogP contribution in [0.25, 0.3) is 0 Å². The van der Waals surface area contributed by atoms with Crippen LogP contribution in [0.5, 0.6) is 0 Å². The second-order valence-corrected chi connectivity index (χ2v) is 20.7. The highest BCUT2D eigenvalue weighted by Gasteiger charge is 2.27. The summed E-state index contributed by atoms with van der Waals surface area (Å²) in [5.41, 5.74) is 0. The topological polar surface area (TPSA) is 108 Å². The number of rotatable bonds is 49. The van der Waals surface area contributed by atoms with Crippen LogP contribution in [0, 0.1) is 0 Å². The van der Waals surface area contributed by atoms with E-state index in [0.29, 0.717) is 17.4 Å². The number of quaternary nitrogens is 1. The molecular weight excluding hydrogens is 786 g/mol. The molecule has 0 bridgehead atoms. The summed E-state index contributed by atoms with van der Waals surface area (Å²) < 4.78 is 34.5. The molecule has 0 aliphatic rings. The highest BCUT2D eigenvalue weighted by atomic mass is 31.2. The van der Waals surface area contributed by atoms with Crippen molar-refractivity contribution in [3.8, 4) is 0 Å². The molecule has 2 atom stereocenters. The first-order chi connectivity index (χ1) is 29.5. The van der Waals surface area contributed by atoms with Crippen LogP contribution in [0.4, 0.5) is 0 Å². The minimum absolute atomic E-state index is 0.0372. The summed E-state index contributed by atoms with van der Waals surface area (Å²) in [7, 11) is 1.50. The molecule has 1 N–H and O–H groups in total. The molecule has 10 heteroatoms. The average molecular weight is 889 g/mol. The first-order valence-corrected chi connectivity index (χ1v) is 27.8. The van der Waals surface area contributed by atoms with Gasteiger partial charge in [0.2, 0.25) is 0 Å². The van der Waals surface area contributed by atoms with Crippen molar-refractivity contribution in [2.45, 2.75) is 270 Å². The number of nitrogens with zero attached hydrogens (tertiary/aromatic N) is 1. The zero-order valence-corrected chi connectivity index (χ0v) is 42.1. The van der Waals surface area contributed by atoms with Crippen LogP contribution >= 0.6 is 7.82 Å². The van der Waals surface area contributed by atoms with Crippen molar-refractivity contribution in [1.29, 1.82) is 0 Å². The van der Waals surface area contributed by atoms with E-state index in [1.54, 1.807) is 0 Å². The summed E-state index contributed by atoms with van der Waals surface area (Å²) in [5, 5.41) is 0. The maximum absolute atomic E-state index is 12.8. The lowest BCUT2D eigenvalue weighted by Gasteiger charge is -2.24. The Bertz CT molecular complexity index is 1010. The average Bonchev–Trinajstić information content (AvgIpc) is 3.21. The van der Waals surface area contributed by atoms with E-state index in [-0.39, 0.29) is 25.6 Å². The first kappa shape index (κ1) is 60.0. The van der Waals surface area contributed by atoms with Gasteiger partial charge in [0.25, 0.3) is 0 Å². The Morgan fingerprint density at radius 2 is 0.738 bits per heavy atom. The lowest BCUT2D eigenvalue weighted by Crippen LogP contribution is -2.37. The smallest absolute Gasteiger partial charge is 0.462 e. The second kappa shape index (κ2) is 44.2. The Labute approximate surface area is 378 Å². The van der Waals surface area contributed by atoms with E-state index in [2.05, 4.69) is 13.8 Å². The SMILES string of the molecule is CCCCCCCCCCCCCCCCCCCCCCC(=O)OC(COC(=O)CCCCCCCCCCCCCCCCCCC)COP(=O)(O)OCC[N+](C)(C)C. The van der Waals surface area contributed by atoms with E-state index in [9.17, 15) is 19.0 Å². The third-order valence-electron chi connectivity index (χ3n) is 11.9. The summed E-state index contributed by atoms with van der Waals surface area (Å²) in [4.78, 5) is 35.5. The van der Waals surface area contributed by atoms with Crippen LogP contribution in [0.2, 0.25) is 0 Å². The molecule has 9 nitrogen and oxygen atoms in total. The van der Waals surface area contributed by atoms with E-state index in [1.807, 2.05) is 21.1 Å². The van der Waals surface area contributed by atoms with Crippen molar-refractivity contribution >= 4 is 19.8 Å². The van der Waals surface area contributed by atoms with Gasteiger partial charge in [-0.1, -0.05) is 239 Å². The van der Waals surface area contributed by atoms with Crippen LogP contribution in [-0.2, 0) is 32.7 Å². The number of carbonyl (C=O) groups excluding carboxylic acids is 2. The summed E-state index contributed by atoms with van der Waals surface area (Å²) in [6.07, 6.45) is 47.2. The van der Waals surface area contributed by atoms with Crippen LogP contribution in [0.1, 0.15) is 264 Å². The molecule has 0 aromatic rings. The molecule has 61 heavy (non-hydrogen) atoms. The van der Waals surface area contributed by atoms with Gasteiger partial charge >= 0.3 is 19.8 Å². The van der Waals surface area contributed by atoms with Crippen LogP contribution < -0.4 is 0 Å². The Hall–Kier alpha value is -0.990. The second-order valence-electron chi connectivity index (χ2n) is 19.3. The van der Waals surface area contributed by atoms with Crippen molar-refractivity contribution in [3.63, 3.8) is 0 Å². The van der Waals surface area contributed by atoms with E-state index < -0.39 is 26.5 Å². The number of esters is 2. The number of likely N-dealkylation sites (N-methyl/N-ethyl adjacent to an activating group) is 1. The fraction of sp³-hybridized carbons (Fsp3) is 0.961. The summed E-state index contributed by atoms with van der Waals surface area (Å²) in [6, 6.07) is 0. The fourth-order valence-electron chi connectivity index (χ4n) is 7.78. The molecule has 0 aromatic heterocycles. The van der Waals surface area contributed by atoms with Gasteiger partial charge in [0, 0.05) is 12.8 Å². The maximum atomic E-state index is 12.8. The molecule has 0 radical (unpaired) electrons. The quantitative estimate of drug-likeness (QED) is 0.0278. The molecule has 0 spiro atoms. The van der Waals surface area contributed by atoms with Gasteiger partial charge < -0.3 is 18.9 Å². The highest BCUT2D eigenvalue weighted by molar-refractivity contribution is 7.47. The Morgan fingerprint density at radius 3 is 1.05 bits per heavy atom. The van der Waals surface area contributed by atoms with Crippen molar-refractivity contribution in [3.05, 3.63) is 0 Å². The van der Waals surface area contributed by atoms with Crippen LogP contribution in [0.3, 0.4) is 0 Å². The molecule has 0 aliphatic carbocycles. The summed E-state index contributed by atoms with van der Waals surface area (Å²) in [6.45, 7) is 4.49. The number of ether oxygens (including phenoxy) is 2. The van der Waals surface area contributed by atoms with Gasteiger partial charge in [0.05, 0.1) is 27.7 Å². The standard InChI is InChI=1S/C51H102NO8P/c1-6-8-10-12-14-16-18-20-22-24-25-26-28-30-32-34-36-38-40-42-44-51(54)60-49(48-59-61(55,56)58-46-45-52(3,4)5)47-57-50(53)43-41-39-37-35-33-31-29-27-23-21-19-17-15-13-11-9-7-2/h49H,6-48H2,1-5H3/p+1. The molecule has 0 heterocycles. The number of phosphoric acid groups is 1. The minimum Gasteiger partial charge on any atom is -0.462 e. The van der Waals surface area contributed by atoms with Crippen molar-refractivity contribution in [1.82, 2.24) is 0 Å². The Morgan fingerprint density at radius 1 is 0.443 bits per heavy atom. The Kier molecular flexibility index (Phi) is 43.5. The molecule has 0 saturated carbocycles. The molecule has 0 aromatic carbocycles. The van der Waals surface area contributed by atoms with Gasteiger partial charge in [-0.05, 0) is 12.8 Å². The summed E-state index contributed by atoms with van der Waals surface area (Å²) in [5.74, 6) is -0.776. The number of hydrogen-bond donors (Lipinski definition) is 1. The lowest BCUT2D eigenvalue weighted by atomic mass is 10.0. The third kappa shape index (κ3) is 48.3. The zero-order chi connectivity index (χ0) is 45.0. The first-order valence-electron chi connectivity index (χ1n) is 26.3. The van der Waals surface area contributed by atoms with Gasteiger partial charge in [-0.3, -0.25) is 18.6 Å². The number of phosphoric ester groups is 1. The monoisotopic (exact) mass is 889 g/mol. The predicted octanol–water partition coefficient (Wildman–Crippen LogP) is 15.5. The van der Waals surface area contributed by atoms with Crippen LogP contribution in [-0.4, -0.2) is 74.9 Å². The largest absolute Gasteiger partial charge is 0.472 e. The van der Waals surface area contributed by atoms with Gasteiger partial charge in [-0.25, -0.2) is 4.57 Å². The van der Waals surface area contributed by atoms with Crippen molar-refractivity contribution in [2.75, 3.05) is 47.5 Å². The number of carbonyl (C=O) groups is 2. The lowest BCUT2D eigenvalue weighted by molar-refractivity contribution is -0.870. The number of unbranched alkanes of at least 4 members (excludes halogenated alkanes) is 35. The van der Waals surface area contributed by atoms with Gasteiger partial charge in [-0.2, -0.15) is 0 Å². The summed E-state index contributed by atoms with van der Waals surface area (Å²) >= 11 is 0. The normalized spacial score (nSPS) is 13.3. The van der Waals surface area contributed by atoms with Gasteiger partial charge in [0.15, 0.2) is 6.10 Å². The minimum atomic E-state index is -4.37. The molecule has 0 aliphatic heterocycles. The van der Waals surface area contributed by atoms with E-state index >= 15 is 0 Å². The molecule has 0 rings (SSSR count). The zero-order valence-electron chi connectivity index (χ0n) is 41.2. The van der Waals surface area contributed by atoms with Crippen molar-refractivity contribution in [2.24, 2.45) is 0 Å². The van der Waals surface area contributed by atoms with E-state index in [0.717, 1.165) is 38.5 Å².